The Morgan fingerprint density at radius 2 is 2.25 bits per heavy atom. The second-order valence-electron chi connectivity index (χ2n) is 6.33. The molecule has 2 atom stereocenters. The second kappa shape index (κ2) is 4.28. The monoisotopic (exact) mass is 223 g/mol. The molecule has 3 aliphatic rings. The lowest BCUT2D eigenvalue weighted by molar-refractivity contribution is 0.294. The molecule has 3 nitrogen and oxygen atoms in total. The van der Waals surface area contributed by atoms with Crippen LogP contribution in [0, 0.1) is 5.41 Å². The van der Waals surface area contributed by atoms with Gasteiger partial charge in [0.1, 0.15) is 0 Å². The Morgan fingerprint density at radius 3 is 2.94 bits per heavy atom. The molecule has 0 aromatic rings. The second-order valence-corrected chi connectivity index (χ2v) is 6.33. The van der Waals surface area contributed by atoms with Crippen LogP contribution in [0.1, 0.15) is 32.6 Å². The number of likely N-dealkylation sites (tertiary alicyclic amines) is 1. The van der Waals surface area contributed by atoms with E-state index in [4.69, 9.17) is 0 Å². The first kappa shape index (κ1) is 11.0. The summed E-state index contributed by atoms with van der Waals surface area (Å²) in [6.07, 6.45) is 5.60. The molecule has 1 aliphatic carbocycles. The highest BCUT2D eigenvalue weighted by Gasteiger charge is 2.35. The predicted octanol–water partition coefficient (Wildman–Crippen LogP) is 0.812. The normalized spacial score (nSPS) is 40.7. The molecule has 3 fully saturated rings. The molecule has 2 unspecified atom stereocenters. The first-order valence-electron chi connectivity index (χ1n) is 6.93. The zero-order valence-corrected chi connectivity index (χ0v) is 10.5. The van der Waals surface area contributed by atoms with Gasteiger partial charge in [0.25, 0.3) is 0 Å². The van der Waals surface area contributed by atoms with E-state index in [2.05, 4.69) is 22.5 Å². The maximum Gasteiger partial charge on any atom is 0.0207 e. The molecule has 2 saturated heterocycles. The molecule has 0 amide bonds. The summed E-state index contributed by atoms with van der Waals surface area (Å²) in [4.78, 5) is 2.69. The van der Waals surface area contributed by atoms with Crippen LogP contribution in [0.5, 0.6) is 0 Å². The minimum atomic E-state index is 0.507. The SMILES string of the molecule is CC1(CNC2CCN(C3CC3)C2)CCNC1. The van der Waals surface area contributed by atoms with E-state index < -0.39 is 0 Å². The molecule has 0 aromatic heterocycles. The molecule has 1 saturated carbocycles. The van der Waals surface area contributed by atoms with Crippen molar-refractivity contribution in [2.24, 2.45) is 5.41 Å². The van der Waals surface area contributed by atoms with Crippen molar-refractivity contribution in [3.63, 3.8) is 0 Å². The van der Waals surface area contributed by atoms with Crippen molar-refractivity contribution in [3.8, 4) is 0 Å². The zero-order chi connectivity index (χ0) is 11.0. The van der Waals surface area contributed by atoms with Crippen LogP contribution in [0.2, 0.25) is 0 Å². The average Bonchev–Trinajstić information content (AvgIpc) is 2.87. The third-order valence-electron chi connectivity index (χ3n) is 4.56. The van der Waals surface area contributed by atoms with E-state index in [1.807, 2.05) is 0 Å². The predicted molar refractivity (Wildman–Crippen MR) is 66.6 cm³/mol. The van der Waals surface area contributed by atoms with E-state index >= 15 is 0 Å². The molecule has 2 N–H and O–H groups in total. The summed E-state index contributed by atoms with van der Waals surface area (Å²) in [7, 11) is 0. The van der Waals surface area contributed by atoms with E-state index in [1.54, 1.807) is 0 Å². The van der Waals surface area contributed by atoms with E-state index in [1.165, 1.54) is 58.4 Å². The molecule has 3 rings (SSSR count). The highest BCUT2D eigenvalue weighted by Crippen LogP contribution is 2.30. The highest BCUT2D eigenvalue weighted by molar-refractivity contribution is 4.93. The summed E-state index contributed by atoms with van der Waals surface area (Å²) in [6, 6.07) is 1.72. The van der Waals surface area contributed by atoms with Crippen molar-refractivity contribution in [2.75, 3.05) is 32.7 Å². The number of hydrogen-bond donors (Lipinski definition) is 2. The maximum absolute atomic E-state index is 3.80. The van der Waals surface area contributed by atoms with Crippen molar-refractivity contribution < 1.29 is 0 Å². The van der Waals surface area contributed by atoms with Crippen LogP contribution in [0.3, 0.4) is 0 Å². The Bertz CT molecular complexity index is 244. The van der Waals surface area contributed by atoms with E-state index in [0.717, 1.165) is 12.1 Å². The summed E-state index contributed by atoms with van der Waals surface area (Å²) in [5.74, 6) is 0. The largest absolute Gasteiger partial charge is 0.316 e. The van der Waals surface area contributed by atoms with Gasteiger partial charge in [-0.05, 0) is 37.6 Å². The molecule has 0 radical (unpaired) electrons. The van der Waals surface area contributed by atoms with Gasteiger partial charge < -0.3 is 10.6 Å². The van der Waals surface area contributed by atoms with E-state index in [9.17, 15) is 0 Å². The summed E-state index contributed by atoms with van der Waals surface area (Å²) in [5.41, 5.74) is 0.507. The molecule has 92 valence electrons. The fourth-order valence-corrected chi connectivity index (χ4v) is 3.14. The number of nitrogens with zero attached hydrogens (tertiary/aromatic N) is 1. The lowest BCUT2D eigenvalue weighted by Crippen LogP contribution is -2.41. The Hall–Kier alpha value is -0.120. The minimum absolute atomic E-state index is 0.507. The lowest BCUT2D eigenvalue weighted by Gasteiger charge is -2.25. The van der Waals surface area contributed by atoms with Gasteiger partial charge >= 0.3 is 0 Å². The molecule has 2 heterocycles. The van der Waals surface area contributed by atoms with Crippen molar-refractivity contribution in [3.05, 3.63) is 0 Å². The average molecular weight is 223 g/mol. The summed E-state index contributed by atoms with van der Waals surface area (Å²) < 4.78 is 0. The van der Waals surface area contributed by atoms with Crippen LogP contribution in [-0.2, 0) is 0 Å². The topological polar surface area (TPSA) is 27.3 Å². The quantitative estimate of drug-likeness (QED) is 0.739. The number of nitrogens with one attached hydrogen (secondary N) is 2. The van der Waals surface area contributed by atoms with Gasteiger partial charge in [-0.3, -0.25) is 4.90 Å². The van der Waals surface area contributed by atoms with Gasteiger partial charge in [0, 0.05) is 38.3 Å². The Balaban J connectivity index is 1.42. The van der Waals surface area contributed by atoms with Crippen molar-refractivity contribution >= 4 is 0 Å². The van der Waals surface area contributed by atoms with Crippen molar-refractivity contribution in [1.29, 1.82) is 0 Å². The van der Waals surface area contributed by atoms with Crippen LogP contribution in [0.4, 0.5) is 0 Å². The third-order valence-corrected chi connectivity index (χ3v) is 4.56. The third kappa shape index (κ3) is 2.41. The van der Waals surface area contributed by atoms with Gasteiger partial charge in [0.05, 0.1) is 0 Å². The molecule has 3 heteroatoms. The summed E-state index contributed by atoms with van der Waals surface area (Å²) in [5, 5.41) is 7.27. The Kier molecular flexibility index (Phi) is 2.94. The molecule has 0 aromatic carbocycles. The minimum Gasteiger partial charge on any atom is -0.316 e. The van der Waals surface area contributed by atoms with Gasteiger partial charge in [-0.2, -0.15) is 0 Å². The first-order valence-corrected chi connectivity index (χ1v) is 6.93. The molecule has 0 bridgehead atoms. The lowest BCUT2D eigenvalue weighted by atomic mass is 9.89. The van der Waals surface area contributed by atoms with Crippen LogP contribution in [0.15, 0.2) is 0 Å². The van der Waals surface area contributed by atoms with Crippen LogP contribution >= 0.6 is 0 Å². The summed E-state index contributed by atoms with van der Waals surface area (Å²) >= 11 is 0. The maximum atomic E-state index is 3.80. The van der Waals surface area contributed by atoms with Crippen molar-refractivity contribution in [1.82, 2.24) is 15.5 Å². The van der Waals surface area contributed by atoms with Crippen LogP contribution in [0.25, 0.3) is 0 Å². The van der Waals surface area contributed by atoms with Gasteiger partial charge in [-0.25, -0.2) is 0 Å². The molecule has 16 heavy (non-hydrogen) atoms. The fourth-order valence-electron chi connectivity index (χ4n) is 3.14. The van der Waals surface area contributed by atoms with E-state index in [0.29, 0.717) is 5.41 Å². The Labute approximate surface area is 99.0 Å². The highest BCUT2D eigenvalue weighted by atomic mass is 15.2. The Morgan fingerprint density at radius 1 is 1.38 bits per heavy atom. The zero-order valence-electron chi connectivity index (χ0n) is 10.5. The van der Waals surface area contributed by atoms with Crippen molar-refractivity contribution in [2.45, 2.75) is 44.7 Å². The molecular weight excluding hydrogens is 198 g/mol. The number of hydrogen-bond acceptors (Lipinski definition) is 3. The first-order chi connectivity index (χ1) is 7.75. The molecule has 0 spiro atoms. The smallest absolute Gasteiger partial charge is 0.0207 e. The summed E-state index contributed by atoms with van der Waals surface area (Å²) in [6.45, 7) is 8.64. The van der Waals surface area contributed by atoms with Gasteiger partial charge in [-0.1, -0.05) is 6.92 Å². The fraction of sp³-hybridized carbons (Fsp3) is 1.00. The van der Waals surface area contributed by atoms with E-state index in [-0.39, 0.29) is 0 Å². The number of rotatable bonds is 4. The van der Waals surface area contributed by atoms with Gasteiger partial charge in [-0.15, -0.1) is 0 Å². The van der Waals surface area contributed by atoms with Gasteiger partial charge in [0.2, 0.25) is 0 Å². The standard InChI is InChI=1S/C13H25N3/c1-13(5-6-14-9-13)10-15-11-4-7-16(8-11)12-2-3-12/h11-12,14-15H,2-10H2,1H3. The van der Waals surface area contributed by atoms with Crippen LogP contribution in [-0.4, -0.2) is 49.7 Å². The molecule has 2 aliphatic heterocycles. The molecular formula is C13H25N3. The van der Waals surface area contributed by atoms with Gasteiger partial charge in [0.15, 0.2) is 0 Å². The van der Waals surface area contributed by atoms with Crippen LogP contribution < -0.4 is 10.6 Å².